The van der Waals surface area contributed by atoms with Crippen LogP contribution in [0.1, 0.15) is 69.2 Å². The van der Waals surface area contributed by atoms with Gasteiger partial charge in [-0.15, -0.1) is 0 Å². The van der Waals surface area contributed by atoms with Gasteiger partial charge in [-0.05, 0) is 64.5 Å². The molecule has 0 radical (unpaired) electrons. The summed E-state index contributed by atoms with van der Waals surface area (Å²) in [6.07, 6.45) is 4.15. The van der Waals surface area contributed by atoms with E-state index in [-0.39, 0.29) is 11.0 Å². The van der Waals surface area contributed by atoms with Crippen LogP contribution in [0.3, 0.4) is 0 Å². The molecular formula is C30H41N3O. The van der Waals surface area contributed by atoms with Crippen LogP contribution in [0.25, 0.3) is 0 Å². The van der Waals surface area contributed by atoms with Gasteiger partial charge in [0.05, 0.1) is 5.41 Å². The molecule has 1 amide bonds. The molecule has 2 aliphatic heterocycles. The molecule has 4 nitrogen and oxygen atoms in total. The Morgan fingerprint density at radius 2 is 1.56 bits per heavy atom. The topological polar surface area (TPSA) is 26.8 Å². The molecule has 1 saturated carbocycles. The number of carbonyl (C=O) groups is 1. The molecule has 0 bridgehead atoms. The van der Waals surface area contributed by atoms with Gasteiger partial charge in [0.25, 0.3) is 0 Å². The summed E-state index contributed by atoms with van der Waals surface area (Å²) in [6, 6.07) is 20.4. The quantitative estimate of drug-likeness (QED) is 0.617. The lowest BCUT2D eigenvalue weighted by molar-refractivity contribution is -0.137. The zero-order valence-electron chi connectivity index (χ0n) is 21.5. The van der Waals surface area contributed by atoms with Crippen LogP contribution in [0.5, 0.6) is 0 Å². The fourth-order valence-corrected chi connectivity index (χ4v) is 6.39. The van der Waals surface area contributed by atoms with E-state index >= 15 is 0 Å². The number of hydrogen-bond acceptors (Lipinski definition) is 3. The summed E-state index contributed by atoms with van der Waals surface area (Å²) in [5.41, 5.74) is 3.90. The summed E-state index contributed by atoms with van der Waals surface area (Å²) in [7, 11) is 0. The highest BCUT2D eigenvalue weighted by molar-refractivity contribution is 5.91. The lowest BCUT2D eigenvalue weighted by Gasteiger charge is -2.52. The minimum atomic E-state index is -0.235. The van der Waals surface area contributed by atoms with E-state index in [0.717, 1.165) is 58.4 Å². The Balaban J connectivity index is 1.19. The number of likely N-dealkylation sites (tertiary alicyclic amines) is 1. The normalized spacial score (nSPS) is 25.6. The predicted molar refractivity (Wildman–Crippen MR) is 139 cm³/mol. The summed E-state index contributed by atoms with van der Waals surface area (Å²) in [6.45, 7) is 14.4. The number of aryl methyl sites for hydroxylation is 1. The first-order chi connectivity index (χ1) is 16.3. The first kappa shape index (κ1) is 23.6. The van der Waals surface area contributed by atoms with E-state index in [4.69, 9.17) is 0 Å². The third-order valence-corrected chi connectivity index (χ3v) is 9.11. The Morgan fingerprint density at radius 1 is 0.912 bits per heavy atom. The standard InChI is InChI=1S/C30H41N3O/c1-23-10-12-26(13-11-23)25(3)33-21-20-32(22-24(33)2)29(4)16-18-31(19-17-29)28(34)30(14-15-30)27-8-6-5-7-9-27/h5-13,24-25H,14-22H2,1-4H3/t24-,25-/m0/s1. The van der Waals surface area contributed by atoms with E-state index < -0.39 is 0 Å². The van der Waals surface area contributed by atoms with E-state index in [2.05, 4.69) is 90.9 Å². The number of piperazine rings is 1. The molecule has 2 aromatic carbocycles. The maximum absolute atomic E-state index is 13.5. The molecular weight excluding hydrogens is 418 g/mol. The largest absolute Gasteiger partial charge is 0.342 e. The van der Waals surface area contributed by atoms with Crippen LogP contribution in [-0.2, 0) is 10.2 Å². The minimum absolute atomic E-state index is 0.188. The molecule has 34 heavy (non-hydrogen) atoms. The van der Waals surface area contributed by atoms with Crippen LogP contribution in [0.4, 0.5) is 0 Å². The lowest BCUT2D eigenvalue weighted by atomic mass is 9.85. The zero-order chi connectivity index (χ0) is 23.9. The van der Waals surface area contributed by atoms with Gasteiger partial charge >= 0.3 is 0 Å². The highest BCUT2D eigenvalue weighted by atomic mass is 16.2. The predicted octanol–water partition coefficient (Wildman–Crippen LogP) is 5.18. The van der Waals surface area contributed by atoms with Crippen molar-refractivity contribution in [1.82, 2.24) is 14.7 Å². The first-order valence-electron chi connectivity index (χ1n) is 13.2. The maximum Gasteiger partial charge on any atom is 0.233 e. The van der Waals surface area contributed by atoms with Crippen molar-refractivity contribution < 1.29 is 4.79 Å². The highest BCUT2D eigenvalue weighted by Gasteiger charge is 2.54. The number of hydrogen-bond donors (Lipinski definition) is 0. The van der Waals surface area contributed by atoms with Gasteiger partial charge in [0.15, 0.2) is 0 Å². The lowest BCUT2D eigenvalue weighted by Crippen LogP contribution is -2.62. The van der Waals surface area contributed by atoms with Gasteiger partial charge in [0.2, 0.25) is 5.91 Å². The second-order valence-electron chi connectivity index (χ2n) is 11.4. The maximum atomic E-state index is 13.5. The van der Waals surface area contributed by atoms with Crippen molar-refractivity contribution in [3.8, 4) is 0 Å². The van der Waals surface area contributed by atoms with Crippen LogP contribution in [0.15, 0.2) is 54.6 Å². The molecule has 2 saturated heterocycles. The van der Waals surface area contributed by atoms with E-state index in [1.165, 1.54) is 16.7 Å². The molecule has 2 heterocycles. The Hall–Kier alpha value is -2.17. The monoisotopic (exact) mass is 459 g/mol. The third-order valence-electron chi connectivity index (χ3n) is 9.11. The van der Waals surface area contributed by atoms with Crippen molar-refractivity contribution in [2.24, 2.45) is 0 Å². The second-order valence-corrected chi connectivity index (χ2v) is 11.4. The fraction of sp³-hybridized carbons (Fsp3) is 0.567. The van der Waals surface area contributed by atoms with Gasteiger partial charge in [-0.3, -0.25) is 14.6 Å². The molecule has 2 atom stereocenters. The Morgan fingerprint density at radius 3 is 2.15 bits per heavy atom. The summed E-state index contributed by atoms with van der Waals surface area (Å²) in [5, 5.41) is 0. The molecule has 5 rings (SSSR count). The molecule has 0 unspecified atom stereocenters. The number of piperidine rings is 1. The molecule has 3 aliphatic rings. The first-order valence-corrected chi connectivity index (χ1v) is 13.2. The van der Waals surface area contributed by atoms with Gasteiger partial charge in [-0.1, -0.05) is 60.2 Å². The molecule has 2 aromatic rings. The smallest absolute Gasteiger partial charge is 0.233 e. The van der Waals surface area contributed by atoms with Gasteiger partial charge in [0, 0.05) is 50.3 Å². The molecule has 0 N–H and O–H groups in total. The number of carbonyl (C=O) groups excluding carboxylic acids is 1. The highest BCUT2D eigenvalue weighted by Crippen LogP contribution is 2.50. The van der Waals surface area contributed by atoms with Crippen molar-refractivity contribution in [3.63, 3.8) is 0 Å². The van der Waals surface area contributed by atoms with Crippen molar-refractivity contribution in [3.05, 3.63) is 71.3 Å². The number of amides is 1. The van der Waals surface area contributed by atoms with Crippen LogP contribution in [-0.4, -0.2) is 64.9 Å². The molecule has 1 aliphatic carbocycles. The van der Waals surface area contributed by atoms with Gasteiger partial charge in [-0.2, -0.15) is 0 Å². The van der Waals surface area contributed by atoms with Crippen LogP contribution >= 0.6 is 0 Å². The van der Waals surface area contributed by atoms with Gasteiger partial charge in [0.1, 0.15) is 0 Å². The van der Waals surface area contributed by atoms with Crippen LogP contribution in [0, 0.1) is 6.92 Å². The molecule has 0 spiro atoms. The average Bonchev–Trinajstić information content (AvgIpc) is 3.67. The summed E-state index contributed by atoms with van der Waals surface area (Å²) in [4.78, 5) is 21.1. The number of nitrogens with zero attached hydrogens (tertiary/aromatic N) is 3. The number of rotatable bonds is 5. The molecule has 0 aromatic heterocycles. The van der Waals surface area contributed by atoms with Crippen LogP contribution in [0.2, 0.25) is 0 Å². The van der Waals surface area contributed by atoms with Crippen molar-refractivity contribution in [2.75, 3.05) is 32.7 Å². The van der Waals surface area contributed by atoms with E-state index in [1.807, 2.05) is 6.07 Å². The minimum Gasteiger partial charge on any atom is -0.342 e. The Kier molecular flexibility index (Phi) is 6.32. The van der Waals surface area contributed by atoms with Gasteiger partial charge < -0.3 is 4.90 Å². The summed E-state index contributed by atoms with van der Waals surface area (Å²) < 4.78 is 0. The van der Waals surface area contributed by atoms with E-state index in [0.29, 0.717) is 18.0 Å². The second kappa shape index (κ2) is 9.13. The molecule has 3 fully saturated rings. The fourth-order valence-electron chi connectivity index (χ4n) is 6.39. The summed E-state index contributed by atoms with van der Waals surface area (Å²) in [5.74, 6) is 0.367. The summed E-state index contributed by atoms with van der Waals surface area (Å²) >= 11 is 0. The third kappa shape index (κ3) is 4.31. The van der Waals surface area contributed by atoms with E-state index in [9.17, 15) is 4.79 Å². The molecule has 182 valence electrons. The van der Waals surface area contributed by atoms with Crippen molar-refractivity contribution in [2.45, 2.75) is 76.4 Å². The average molecular weight is 460 g/mol. The van der Waals surface area contributed by atoms with Crippen LogP contribution < -0.4 is 0 Å². The molecule has 4 heteroatoms. The van der Waals surface area contributed by atoms with Crippen molar-refractivity contribution >= 4 is 5.91 Å². The Bertz CT molecular complexity index is 989. The zero-order valence-corrected chi connectivity index (χ0v) is 21.5. The SMILES string of the molecule is Cc1ccc([C@H](C)N2CCN(C3(C)CCN(C(=O)C4(c5ccccc5)CC4)CC3)C[C@@H]2C)cc1. The van der Waals surface area contributed by atoms with Crippen molar-refractivity contribution in [1.29, 1.82) is 0 Å². The van der Waals surface area contributed by atoms with E-state index in [1.54, 1.807) is 0 Å². The number of benzene rings is 2. The Labute approximate surface area is 205 Å². The van der Waals surface area contributed by atoms with Gasteiger partial charge in [-0.25, -0.2) is 0 Å².